The number of nitrogens with zero attached hydrogens (tertiary/aromatic N) is 1. The van der Waals surface area contributed by atoms with Crippen molar-refractivity contribution >= 4 is 10.9 Å². The largest absolute Gasteiger partial charge is 0.243 e. The quantitative estimate of drug-likeness (QED) is 0.363. The van der Waals surface area contributed by atoms with Crippen LogP contribution in [0.15, 0.2) is 42.6 Å². The number of aromatic nitrogens is 1. The molecule has 0 bridgehead atoms. The lowest BCUT2D eigenvalue weighted by atomic mass is 10.2. The Kier molecular flexibility index (Phi) is 1.64. The molecular weight excluding hydrogens is 150 g/mol. The average Bonchev–Trinajstić information content (AvgIpc) is 2.17. The molecule has 1 heterocycles. The van der Waals surface area contributed by atoms with E-state index in [0.717, 1.165) is 10.9 Å². The minimum atomic E-state index is 1.07. The van der Waals surface area contributed by atoms with Crippen LogP contribution in [0, 0.1) is 0 Å². The highest BCUT2D eigenvalue weighted by Crippen LogP contribution is 2.06. The number of nitrogens with one attached hydrogen (secondary N) is 1. The molecule has 12 heavy (non-hydrogen) atoms. The van der Waals surface area contributed by atoms with Gasteiger partial charge in [0.05, 0.1) is 0 Å². The van der Waals surface area contributed by atoms with Crippen molar-refractivity contribution in [3.63, 3.8) is 0 Å². The molecule has 0 atom stereocenters. The van der Waals surface area contributed by atoms with E-state index in [1.165, 1.54) is 0 Å². The van der Waals surface area contributed by atoms with Gasteiger partial charge in [0, 0.05) is 17.5 Å². The number of pyridine rings is 1. The zero-order valence-corrected chi connectivity index (χ0v) is 6.57. The Bertz CT molecular complexity index is 392. The van der Waals surface area contributed by atoms with Crippen LogP contribution >= 0.6 is 0 Å². The zero-order chi connectivity index (χ0) is 8.39. The zero-order valence-electron chi connectivity index (χ0n) is 6.57. The molecule has 3 nitrogen and oxygen atoms in total. The van der Waals surface area contributed by atoms with Crippen molar-refractivity contribution in [1.29, 1.82) is 0 Å². The van der Waals surface area contributed by atoms with Gasteiger partial charge in [0.25, 0.3) is 0 Å². The Balaban J connectivity index is 2.79. The molecular formula is C9H10N3+. The fourth-order valence-electron chi connectivity index (χ4n) is 1.27. The highest BCUT2D eigenvalue weighted by molar-refractivity contribution is 5.74. The summed E-state index contributed by atoms with van der Waals surface area (Å²) in [5.74, 6) is 5.33. The number of benzene rings is 1. The van der Waals surface area contributed by atoms with Crippen LogP contribution in [0.5, 0.6) is 0 Å². The maximum atomic E-state index is 5.33. The number of hydrogen-bond donors (Lipinski definition) is 2. The van der Waals surface area contributed by atoms with Crippen LogP contribution in [0.25, 0.3) is 10.9 Å². The van der Waals surface area contributed by atoms with Crippen molar-refractivity contribution in [1.82, 2.24) is 0 Å². The summed E-state index contributed by atoms with van der Waals surface area (Å²) >= 11 is 0. The van der Waals surface area contributed by atoms with Gasteiger partial charge in [-0.15, -0.1) is 5.53 Å². The molecule has 0 saturated carbocycles. The van der Waals surface area contributed by atoms with Gasteiger partial charge in [-0.3, -0.25) is 0 Å². The van der Waals surface area contributed by atoms with Crippen molar-refractivity contribution < 1.29 is 4.68 Å². The standard InChI is InChI=1S/C9H10N3/c10-11-12-7-3-5-8-4-1-2-6-9(8)12/h1-7,11H,10H2/q+1. The number of rotatable bonds is 1. The molecule has 0 aliphatic heterocycles. The van der Waals surface area contributed by atoms with Gasteiger partial charge in [0.15, 0.2) is 0 Å². The van der Waals surface area contributed by atoms with Crippen molar-refractivity contribution in [2.75, 3.05) is 5.53 Å². The molecule has 3 N–H and O–H groups in total. The minimum Gasteiger partial charge on any atom is -0.200 e. The van der Waals surface area contributed by atoms with E-state index in [1.54, 1.807) is 4.68 Å². The molecule has 0 aliphatic rings. The molecule has 3 heteroatoms. The molecule has 0 amide bonds. The van der Waals surface area contributed by atoms with Crippen LogP contribution in [0.4, 0.5) is 0 Å². The molecule has 0 unspecified atom stereocenters. The van der Waals surface area contributed by atoms with Crippen molar-refractivity contribution in [2.45, 2.75) is 0 Å². The second-order valence-corrected chi connectivity index (χ2v) is 2.57. The smallest absolute Gasteiger partial charge is 0.200 e. The summed E-state index contributed by atoms with van der Waals surface area (Å²) in [5, 5.41) is 1.16. The van der Waals surface area contributed by atoms with Gasteiger partial charge in [0.1, 0.15) is 0 Å². The van der Waals surface area contributed by atoms with Crippen LogP contribution in [0.2, 0.25) is 0 Å². The van der Waals surface area contributed by atoms with E-state index in [2.05, 4.69) is 5.53 Å². The summed E-state index contributed by atoms with van der Waals surface area (Å²) < 4.78 is 1.77. The second kappa shape index (κ2) is 2.79. The van der Waals surface area contributed by atoms with Crippen LogP contribution in [0.3, 0.4) is 0 Å². The molecule has 1 aromatic heterocycles. The minimum absolute atomic E-state index is 1.07. The first kappa shape index (κ1) is 7.06. The van der Waals surface area contributed by atoms with Crippen molar-refractivity contribution in [2.24, 2.45) is 5.84 Å². The number of nitrogens with two attached hydrogens (primary N) is 1. The number of hydrazine groups is 1. The molecule has 0 spiro atoms. The SMILES string of the molecule is NN[n+]1cccc2ccccc21. The number of para-hydroxylation sites is 1. The second-order valence-electron chi connectivity index (χ2n) is 2.57. The van der Waals surface area contributed by atoms with E-state index in [4.69, 9.17) is 5.84 Å². The fourth-order valence-corrected chi connectivity index (χ4v) is 1.27. The van der Waals surface area contributed by atoms with Crippen molar-refractivity contribution in [3.05, 3.63) is 42.6 Å². The topological polar surface area (TPSA) is 41.9 Å². The summed E-state index contributed by atoms with van der Waals surface area (Å²) in [7, 11) is 0. The first-order valence-electron chi connectivity index (χ1n) is 3.78. The van der Waals surface area contributed by atoms with E-state index >= 15 is 0 Å². The summed E-state index contributed by atoms with van der Waals surface area (Å²) in [4.78, 5) is 0. The van der Waals surface area contributed by atoms with Gasteiger partial charge in [-0.2, -0.15) is 0 Å². The lowest BCUT2D eigenvalue weighted by molar-refractivity contribution is -0.624. The molecule has 0 saturated heterocycles. The molecule has 2 aromatic rings. The summed E-state index contributed by atoms with van der Waals surface area (Å²) in [5.41, 5.74) is 3.66. The monoisotopic (exact) mass is 160 g/mol. The summed E-state index contributed by atoms with van der Waals surface area (Å²) in [6, 6.07) is 12.0. The van der Waals surface area contributed by atoms with Gasteiger partial charge in [-0.1, -0.05) is 16.8 Å². The molecule has 60 valence electrons. The van der Waals surface area contributed by atoms with E-state index in [0.29, 0.717) is 0 Å². The number of hydrogen-bond acceptors (Lipinski definition) is 2. The average molecular weight is 160 g/mol. The third-order valence-electron chi connectivity index (χ3n) is 1.85. The summed E-state index contributed by atoms with van der Waals surface area (Å²) in [6.45, 7) is 0. The molecule has 2 rings (SSSR count). The first-order valence-corrected chi connectivity index (χ1v) is 3.78. The number of nitrogen functional groups attached to an aromatic ring is 1. The Morgan fingerprint density at radius 1 is 1.08 bits per heavy atom. The normalized spacial score (nSPS) is 10.1. The molecule has 0 radical (unpaired) electrons. The predicted octanol–water partition coefficient (Wildman–Crippen LogP) is 0.545. The first-order chi connectivity index (χ1) is 5.92. The Morgan fingerprint density at radius 3 is 2.67 bits per heavy atom. The van der Waals surface area contributed by atoms with Gasteiger partial charge >= 0.3 is 0 Å². The predicted molar refractivity (Wildman–Crippen MR) is 47.7 cm³/mol. The lowest BCUT2D eigenvalue weighted by Gasteiger charge is -1.96. The van der Waals surface area contributed by atoms with Gasteiger partial charge < -0.3 is 0 Å². The molecule has 1 aromatic carbocycles. The van der Waals surface area contributed by atoms with Gasteiger partial charge in [-0.05, 0) is 12.1 Å². The third-order valence-corrected chi connectivity index (χ3v) is 1.85. The lowest BCUT2D eigenvalue weighted by Crippen LogP contribution is -2.49. The number of fused-ring (bicyclic) bond motifs is 1. The third kappa shape index (κ3) is 1.00. The van der Waals surface area contributed by atoms with E-state index in [1.807, 2.05) is 42.6 Å². The Labute approximate surface area is 70.4 Å². The van der Waals surface area contributed by atoms with E-state index < -0.39 is 0 Å². The van der Waals surface area contributed by atoms with E-state index in [-0.39, 0.29) is 0 Å². The van der Waals surface area contributed by atoms with Crippen molar-refractivity contribution in [3.8, 4) is 0 Å². The fraction of sp³-hybridized carbons (Fsp3) is 0. The highest BCUT2D eigenvalue weighted by Gasteiger charge is 2.03. The molecule has 0 fully saturated rings. The van der Waals surface area contributed by atoms with Crippen LogP contribution in [-0.2, 0) is 0 Å². The van der Waals surface area contributed by atoms with Crippen LogP contribution < -0.4 is 16.1 Å². The highest BCUT2D eigenvalue weighted by atomic mass is 15.5. The van der Waals surface area contributed by atoms with Crippen LogP contribution in [-0.4, -0.2) is 0 Å². The summed E-state index contributed by atoms with van der Waals surface area (Å²) in [6.07, 6.45) is 1.88. The molecule has 0 aliphatic carbocycles. The van der Waals surface area contributed by atoms with Crippen LogP contribution in [0.1, 0.15) is 0 Å². The van der Waals surface area contributed by atoms with E-state index in [9.17, 15) is 0 Å². The van der Waals surface area contributed by atoms with Gasteiger partial charge in [-0.25, -0.2) is 5.84 Å². The maximum Gasteiger partial charge on any atom is 0.243 e. The maximum absolute atomic E-state index is 5.33. The van der Waals surface area contributed by atoms with Gasteiger partial charge in [0.2, 0.25) is 11.7 Å². The Morgan fingerprint density at radius 2 is 1.83 bits per heavy atom. The Hall–Kier alpha value is -1.61.